The number of aliphatic hydroxyl groups excluding tert-OH is 1. The smallest absolute Gasteiger partial charge is 0.270 e. The topological polar surface area (TPSA) is 92.5 Å². The van der Waals surface area contributed by atoms with E-state index < -0.39 is 11.0 Å². The summed E-state index contributed by atoms with van der Waals surface area (Å²) < 4.78 is 0.446. The van der Waals surface area contributed by atoms with Crippen molar-refractivity contribution in [2.75, 3.05) is 5.32 Å². The molecule has 0 radical (unpaired) electrons. The molecule has 0 aromatic heterocycles. The third kappa shape index (κ3) is 4.42. The van der Waals surface area contributed by atoms with Crippen molar-refractivity contribution < 1.29 is 14.8 Å². The van der Waals surface area contributed by atoms with Gasteiger partial charge >= 0.3 is 0 Å². The molecule has 0 aliphatic carbocycles. The van der Waals surface area contributed by atoms with Gasteiger partial charge in [0.2, 0.25) is 5.91 Å². The molecule has 0 aliphatic heterocycles. The van der Waals surface area contributed by atoms with Crippen LogP contribution < -0.4 is 5.32 Å². The van der Waals surface area contributed by atoms with Crippen LogP contribution in [-0.2, 0) is 4.79 Å². The van der Waals surface area contributed by atoms with Crippen LogP contribution in [0, 0.1) is 10.1 Å². The average Bonchev–Trinajstić information content (AvgIpc) is 2.29. The number of carbonyl (C=O) groups excluding carboxylic acids is 1. The Kier molecular flexibility index (Phi) is 5.24. The van der Waals surface area contributed by atoms with Crippen molar-refractivity contribution in [3.05, 3.63) is 32.8 Å². The van der Waals surface area contributed by atoms with Gasteiger partial charge in [0, 0.05) is 23.0 Å². The monoisotopic (exact) mass is 316 g/mol. The summed E-state index contributed by atoms with van der Waals surface area (Å²) in [5.74, 6) is -0.245. The van der Waals surface area contributed by atoms with Gasteiger partial charge in [-0.25, -0.2) is 0 Å². The number of nitrogens with zero attached hydrogens (tertiary/aromatic N) is 1. The average molecular weight is 317 g/mol. The lowest BCUT2D eigenvalue weighted by Crippen LogP contribution is -2.14. The molecule has 98 valence electrons. The Labute approximate surface area is 112 Å². The highest BCUT2D eigenvalue weighted by molar-refractivity contribution is 9.10. The van der Waals surface area contributed by atoms with Crippen LogP contribution in [0.25, 0.3) is 0 Å². The van der Waals surface area contributed by atoms with Crippen molar-refractivity contribution in [2.24, 2.45) is 0 Å². The van der Waals surface area contributed by atoms with Crippen LogP contribution in [0.5, 0.6) is 0 Å². The maximum atomic E-state index is 11.5. The minimum atomic E-state index is -0.531. The Morgan fingerprint density at radius 3 is 2.78 bits per heavy atom. The maximum absolute atomic E-state index is 11.5. The lowest BCUT2D eigenvalue weighted by molar-refractivity contribution is -0.384. The number of nitro benzene ring substituents is 1. The second kappa shape index (κ2) is 6.46. The first-order valence-corrected chi connectivity index (χ1v) is 6.11. The summed E-state index contributed by atoms with van der Waals surface area (Å²) in [6.07, 6.45) is 0.0356. The summed E-state index contributed by atoms with van der Waals surface area (Å²) in [6, 6.07) is 4.10. The molecular weight excluding hydrogens is 304 g/mol. The normalized spacial score (nSPS) is 11.9. The van der Waals surface area contributed by atoms with Crippen molar-refractivity contribution in [2.45, 2.75) is 25.9 Å². The van der Waals surface area contributed by atoms with E-state index in [0.29, 0.717) is 16.6 Å². The first kappa shape index (κ1) is 14.6. The number of benzene rings is 1. The number of nitrogens with one attached hydrogen (secondary N) is 1. The van der Waals surface area contributed by atoms with E-state index in [0.717, 1.165) is 0 Å². The van der Waals surface area contributed by atoms with E-state index in [1.54, 1.807) is 6.92 Å². The summed E-state index contributed by atoms with van der Waals surface area (Å²) in [4.78, 5) is 21.5. The SMILES string of the molecule is CC(O)CCC(=O)Nc1ccc([N+](=O)[O-])cc1Br. The molecule has 1 unspecified atom stereocenters. The molecule has 1 rings (SSSR count). The Hall–Kier alpha value is -1.47. The molecular formula is C11H13BrN2O4. The van der Waals surface area contributed by atoms with Gasteiger partial charge in [-0.15, -0.1) is 0 Å². The molecule has 0 fully saturated rings. The van der Waals surface area contributed by atoms with E-state index in [1.165, 1.54) is 18.2 Å². The van der Waals surface area contributed by atoms with Crippen molar-refractivity contribution >= 4 is 33.2 Å². The number of amides is 1. The van der Waals surface area contributed by atoms with E-state index in [9.17, 15) is 14.9 Å². The summed E-state index contributed by atoms with van der Waals surface area (Å²) >= 11 is 3.16. The van der Waals surface area contributed by atoms with Gasteiger partial charge in [-0.3, -0.25) is 14.9 Å². The molecule has 0 bridgehead atoms. The van der Waals surface area contributed by atoms with Crippen LogP contribution in [0.3, 0.4) is 0 Å². The Balaban J connectivity index is 2.68. The van der Waals surface area contributed by atoms with Gasteiger partial charge < -0.3 is 10.4 Å². The van der Waals surface area contributed by atoms with Crippen molar-refractivity contribution in [1.82, 2.24) is 0 Å². The van der Waals surface area contributed by atoms with Crippen LogP contribution in [0.15, 0.2) is 22.7 Å². The molecule has 18 heavy (non-hydrogen) atoms. The fourth-order valence-corrected chi connectivity index (χ4v) is 1.74. The summed E-state index contributed by atoms with van der Waals surface area (Å²) in [5, 5.41) is 22.2. The van der Waals surface area contributed by atoms with Gasteiger partial charge in [0.1, 0.15) is 0 Å². The third-order valence-electron chi connectivity index (χ3n) is 2.23. The second-order valence-corrected chi connectivity index (χ2v) is 4.71. The quantitative estimate of drug-likeness (QED) is 0.644. The number of hydrogen-bond donors (Lipinski definition) is 2. The van der Waals surface area contributed by atoms with E-state index in [1.807, 2.05) is 0 Å². The predicted molar refractivity (Wildman–Crippen MR) is 70.3 cm³/mol. The number of nitro groups is 1. The van der Waals surface area contributed by atoms with Crippen molar-refractivity contribution in [1.29, 1.82) is 0 Å². The van der Waals surface area contributed by atoms with Crippen molar-refractivity contribution in [3.8, 4) is 0 Å². The summed E-state index contributed by atoms with van der Waals surface area (Å²) in [6.45, 7) is 1.61. The predicted octanol–water partition coefficient (Wildman–Crippen LogP) is 2.46. The number of rotatable bonds is 5. The van der Waals surface area contributed by atoms with Crippen LogP contribution in [0.2, 0.25) is 0 Å². The largest absolute Gasteiger partial charge is 0.393 e. The van der Waals surface area contributed by atoms with E-state index in [-0.39, 0.29) is 18.0 Å². The highest BCUT2D eigenvalue weighted by Crippen LogP contribution is 2.27. The molecule has 1 aromatic carbocycles. The van der Waals surface area contributed by atoms with Gasteiger partial charge in [-0.2, -0.15) is 0 Å². The number of halogens is 1. The molecule has 7 heteroatoms. The summed E-state index contributed by atoms with van der Waals surface area (Å²) in [7, 11) is 0. The third-order valence-corrected chi connectivity index (χ3v) is 2.88. The van der Waals surface area contributed by atoms with Gasteiger partial charge in [-0.05, 0) is 35.3 Å². The molecule has 0 spiro atoms. The van der Waals surface area contributed by atoms with Crippen LogP contribution in [0.4, 0.5) is 11.4 Å². The lowest BCUT2D eigenvalue weighted by Gasteiger charge is -2.08. The van der Waals surface area contributed by atoms with Crippen molar-refractivity contribution in [3.63, 3.8) is 0 Å². The van der Waals surface area contributed by atoms with E-state index in [2.05, 4.69) is 21.2 Å². The molecule has 1 amide bonds. The van der Waals surface area contributed by atoms with Gasteiger partial charge in [-0.1, -0.05) is 0 Å². The van der Waals surface area contributed by atoms with Crippen LogP contribution >= 0.6 is 15.9 Å². The zero-order valence-corrected chi connectivity index (χ0v) is 11.3. The van der Waals surface area contributed by atoms with E-state index in [4.69, 9.17) is 5.11 Å². The first-order valence-electron chi connectivity index (χ1n) is 5.32. The zero-order chi connectivity index (χ0) is 13.7. The molecule has 2 N–H and O–H groups in total. The second-order valence-electron chi connectivity index (χ2n) is 3.86. The molecule has 1 aromatic rings. The fraction of sp³-hybridized carbons (Fsp3) is 0.364. The first-order chi connectivity index (χ1) is 8.40. The zero-order valence-electron chi connectivity index (χ0n) is 9.72. The maximum Gasteiger partial charge on any atom is 0.270 e. The van der Waals surface area contributed by atoms with E-state index >= 15 is 0 Å². The molecule has 6 nitrogen and oxygen atoms in total. The number of non-ortho nitro benzene ring substituents is 1. The minimum absolute atomic E-state index is 0.0520. The number of anilines is 1. The van der Waals surface area contributed by atoms with Crippen LogP contribution in [0.1, 0.15) is 19.8 Å². The lowest BCUT2D eigenvalue weighted by atomic mass is 10.2. The standard InChI is InChI=1S/C11H13BrN2O4/c1-7(15)2-5-11(16)13-10-4-3-8(14(17)18)6-9(10)12/h3-4,6-7,15H,2,5H2,1H3,(H,13,16). The fourth-order valence-electron chi connectivity index (χ4n) is 1.27. The highest BCUT2D eigenvalue weighted by atomic mass is 79.9. The number of carbonyl (C=O) groups is 1. The Morgan fingerprint density at radius 2 is 2.28 bits per heavy atom. The molecule has 0 saturated heterocycles. The number of hydrogen-bond acceptors (Lipinski definition) is 4. The highest BCUT2D eigenvalue weighted by Gasteiger charge is 2.11. The minimum Gasteiger partial charge on any atom is -0.393 e. The van der Waals surface area contributed by atoms with Gasteiger partial charge in [0.05, 0.1) is 16.7 Å². The van der Waals surface area contributed by atoms with Gasteiger partial charge in [0.25, 0.3) is 5.69 Å². The molecule has 0 aliphatic rings. The van der Waals surface area contributed by atoms with Gasteiger partial charge in [0.15, 0.2) is 0 Å². The Bertz CT molecular complexity index is 462. The summed E-state index contributed by atoms with van der Waals surface area (Å²) in [5.41, 5.74) is 0.417. The molecule has 0 heterocycles. The molecule has 1 atom stereocenters. The Morgan fingerprint density at radius 1 is 1.61 bits per heavy atom. The molecule has 0 saturated carbocycles. The van der Waals surface area contributed by atoms with Crippen LogP contribution in [-0.4, -0.2) is 22.0 Å². The number of aliphatic hydroxyl groups is 1.